The van der Waals surface area contributed by atoms with Crippen LogP contribution in [-0.4, -0.2) is 55.5 Å². The van der Waals surface area contributed by atoms with Crippen LogP contribution in [0, 0.1) is 0 Å². The van der Waals surface area contributed by atoms with E-state index in [0.29, 0.717) is 6.61 Å². The van der Waals surface area contributed by atoms with E-state index in [-0.39, 0.29) is 28.9 Å². The minimum absolute atomic E-state index is 0.0438. The van der Waals surface area contributed by atoms with Crippen LogP contribution in [0.15, 0.2) is 9.59 Å². The predicted molar refractivity (Wildman–Crippen MR) is 97.6 cm³/mol. The monoisotopic (exact) mass is 362 g/mol. The first-order valence-electron chi connectivity index (χ1n) is 9.27. The van der Waals surface area contributed by atoms with Gasteiger partial charge >= 0.3 is 11.7 Å². The van der Waals surface area contributed by atoms with E-state index >= 15 is 0 Å². The summed E-state index contributed by atoms with van der Waals surface area (Å²) in [6.45, 7) is 7.20. The number of fused-ring (bicyclic) bond motifs is 1. The number of likely N-dealkylation sites (N-methyl/N-ethyl adjacent to an activating group) is 1. The lowest BCUT2D eigenvalue weighted by Crippen LogP contribution is -2.40. The van der Waals surface area contributed by atoms with E-state index in [9.17, 15) is 9.59 Å². The van der Waals surface area contributed by atoms with Gasteiger partial charge in [-0.1, -0.05) is 31.8 Å². The Balaban J connectivity index is 1.94. The SMILES string of the molecule is CCN(CC)CCOc1nnc2c(n1)c(=O)n(C)c(=O)n2C1CCCC1. The third kappa shape index (κ3) is 3.48. The molecule has 0 spiro atoms. The Morgan fingerprint density at radius 2 is 1.85 bits per heavy atom. The maximum Gasteiger partial charge on any atom is 0.336 e. The van der Waals surface area contributed by atoms with Crippen molar-refractivity contribution in [1.82, 2.24) is 29.2 Å². The third-order valence-electron chi connectivity index (χ3n) is 5.10. The Hall–Kier alpha value is -2.29. The van der Waals surface area contributed by atoms with Crippen molar-refractivity contribution in [2.75, 3.05) is 26.2 Å². The zero-order valence-corrected chi connectivity index (χ0v) is 15.6. The first-order valence-corrected chi connectivity index (χ1v) is 9.27. The standard InChI is InChI=1S/C17H26N6O3/c1-4-22(5-2)10-11-26-16-18-13-14(19-20-16)23(12-8-6-7-9-12)17(25)21(3)15(13)24/h12H,4-11H2,1-3H3. The molecular formula is C17H26N6O3. The largest absolute Gasteiger partial charge is 0.461 e. The minimum atomic E-state index is -0.470. The van der Waals surface area contributed by atoms with Crippen molar-refractivity contribution in [2.45, 2.75) is 45.6 Å². The lowest BCUT2D eigenvalue weighted by atomic mass is 10.2. The second-order valence-electron chi connectivity index (χ2n) is 6.60. The number of ether oxygens (including phenoxy) is 1. The van der Waals surface area contributed by atoms with Crippen molar-refractivity contribution in [3.05, 3.63) is 20.8 Å². The van der Waals surface area contributed by atoms with Gasteiger partial charge in [0.15, 0.2) is 11.2 Å². The Morgan fingerprint density at radius 3 is 2.50 bits per heavy atom. The fourth-order valence-corrected chi connectivity index (χ4v) is 3.47. The van der Waals surface area contributed by atoms with Crippen molar-refractivity contribution in [3.8, 4) is 6.01 Å². The van der Waals surface area contributed by atoms with Gasteiger partial charge in [-0.05, 0) is 25.9 Å². The van der Waals surface area contributed by atoms with Crippen LogP contribution in [0.25, 0.3) is 11.2 Å². The molecule has 0 radical (unpaired) electrons. The summed E-state index contributed by atoms with van der Waals surface area (Å²) in [4.78, 5) is 31.5. The van der Waals surface area contributed by atoms with Crippen LogP contribution in [0.4, 0.5) is 0 Å². The van der Waals surface area contributed by atoms with Crippen LogP contribution in [0.3, 0.4) is 0 Å². The molecule has 1 saturated carbocycles. The van der Waals surface area contributed by atoms with Gasteiger partial charge in [0.05, 0.1) is 0 Å². The third-order valence-corrected chi connectivity index (χ3v) is 5.10. The number of aromatic nitrogens is 5. The summed E-state index contributed by atoms with van der Waals surface area (Å²) in [5.41, 5.74) is -0.448. The van der Waals surface area contributed by atoms with E-state index in [0.717, 1.165) is 49.9 Å². The highest BCUT2D eigenvalue weighted by Gasteiger charge is 2.24. The fourth-order valence-electron chi connectivity index (χ4n) is 3.47. The molecule has 0 N–H and O–H groups in total. The van der Waals surface area contributed by atoms with Crippen LogP contribution >= 0.6 is 0 Å². The van der Waals surface area contributed by atoms with Crippen molar-refractivity contribution < 1.29 is 4.74 Å². The van der Waals surface area contributed by atoms with Crippen LogP contribution in [0.5, 0.6) is 6.01 Å². The maximum absolute atomic E-state index is 12.6. The summed E-state index contributed by atoms with van der Waals surface area (Å²) in [6.07, 6.45) is 3.93. The number of hydrogen-bond donors (Lipinski definition) is 0. The van der Waals surface area contributed by atoms with E-state index in [1.807, 2.05) is 0 Å². The topological polar surface area (TPSA) is 95.1 Å². The lowest BCUT2D eigenvalue weighted by molar-refractivity contribution is 0.211. The molecule has 1 fully saturated rings. The zero-order valence-electron chi connectivity index (χ0n) is 15.6. The summed E-state index contributed by atoms with van der Waals surface area (Å²) in [5.74, 6) is 0. The van der Waals surface area contributed by atoms with Crippen LogP contribution in [0.2, 0.25) is 0 Å². The molecule has 9 nitrogen and oxygen atoms in total. The van der Waals surface area contributed by atoms with Gasteiger partial charge in [0.25, 0.3) is 5.56 Å². The molecule has 0 atom stereocenters. The van der Waals surface area contributed by atoms with Gasteiger partial charge in [-0.15, -0.1) is 5.10 Å². The highest BCUT2D eigenvalue weighted by molar-refractivity contribution is 5.68. The molecule has 26 heavy (non-hydrogen) atoms. The van der Waals surface area contributed by atoms with Gasteiger partial charge in [-0.25, -0.2) is 4.79 Å². The van der Waals surface area contributed by atoms with Gasteiger partial charge in [-0.2, -0.15) is 4.98 Å². The van der Waals surface area contributed by atoms with Gasteiger partial charge in [0.2, 0.25) is 0 Å². The molecule has 0 bridgehead atoms. The highest BCUT2D eigenvalue weighted by Crippen LogP contribution is 2.29. The van der Waals surface area contributed by atoms with Gasteiger partial charge < -0.3 is 9.64 Å². The normalized spacial score (nSPS) is 15.2. The van der Waals surface area contributed by atoms with Gasteiger partial charge in [0, 0.05) is 19.6 Å². The molecule has 0 saturated heterocycles. The summed E-state index contributed by atoms with van der Waals surface area (Å²) in [5, 5.41) is 8.11. The molecule has 1 aliphatic carbocycles. The Bertz CT molecular complexity index is 880. The van der Waals surface area contributed by atoms with E-state index < -0.39 is 5.56 Å². The molecular weight excluding hydrogens is 336 g/mol. The van der Waals surface area contributed by atoms with Crippen LogP contribution in [0.1, 0.15) is 45.6 Å². The number of nitrogens with zero attached hydrogens (tertiary/aromatic N) is 6. The smallest absolute Gasteiger partial charge is 0.336 e. The highest BCUT2D eigenvalue weighted by atomic mass is 16.5. The predicted octanol–water partition coefficient (Wildman–Crippen LogP) is 0.721. The molecule has 2 aromatic rings. The first kappa shape index (κ1) is 18.5. The summed E-state index contributed by atoms with van der Waals surface area (Å²) >= 11 is 0. The number of hydrogen-bond acceptors (Lipinski definition) is 7. The fraction of sp³-hybridized carbons (Fsp3) is 0.706. The van der Waals surface area contributed by atoms with E-state index in [4.69, 9.17) is 4.74 Å². The Kier molecular flexibility index (Phi) is 5.65. The average molecular weight is 362 g/mol. The van der Waals surface area contributed by atoms with Crippen LogP contribution < -0.4 is 16.0 Å². The van der Waals surface area contributed by atoms with Crippen molar-refractivity contribution in [1.29, 1.82) is 0 Å². The molecule has 0 amide bonds. The number of rotatable bonds is 7. The van der Waals surface area contributed by atoms with Gasteiger partial charge in [-0.3, -0.25) is 13.9 Å². The van der Waals surface area contributed by atoms with E-state index in [2.05, 4.69) is 33.9 Å². The Labute approximate surface area is 151 Å². The zero-order chi connectivity index (χ0) is 18.7. The summed E-state index contributed by atoms with van der Waals surface area (Å²) in [6, 6.07) is 0.112. The molecule has 2 aromatic heterocycles. The Morgan fingerprint density at radius 1 is 1.15 bits per heavy atom. The van der Waals surface area contributed by atoms with Crippen molar-refractivity contribution >= 4 is 11.2 Å². The van der Waals surface area contributed by atoms with E-state index in [1.54, 1.807) is 4.57 Å². The molecule has 142 valence electrons. The lowest BCUT2D eigenvalue weighted by Gasteiger charge is -2.18. The van der Waals surface area contributed by atoms with Gasteiger partial charge in [0.1, 0.15) is 6.61 Å². The van der Waals surface area contributed by atoms with Crippen molar-refractivity contribution in [2.24, 2.45) is 7.05 Å². The molecule has 0 aliphatic heterocycles. The maximum atomic E-state index is 12.6. The average Bonchev–Trinajstić information content (AvgIpc) is 3.18. The molecule has 9 heteroatoms. The van der Waals surface area contributed by atoms with Crippen LogP contribution in [-0.2, 0) is 7.05 Å². The second-order valence-corrected chi connectivity index (χ2v) is 6.60. The molecule has 3 rings (SSSR count). The first-order chi connectivity index (χ1) is 12.6. The summed E-state index contributed by atoms with van der Waals surface area (Å²) < 4.78 is 8.24. The summed E-state index contributed by atoms with van der Waals surface area (Å²) in [7, 11) is 1.47. The molecule has 0 unspecified atom stereocenters. The minimum Gasteiger partial charge on any atom is -0.461 e. The quantitative estimate of drug-likeness (QED) is 0.716. The molecule has 1 aliphatic rings. The second kappa shape index (κ2) is 7.94. The van der Waals surface area contributed by atoms with Crippen molar-refractivity contribution in [3.63, 3.8) is 0 Å². The molecule has 0 aromatic carbocycles. The molecule has 2 heterocycles. The van der Waals surface area contributed by atoms with E-state index in [1.165, 1.54) is 7.05 Å².